The monoisotopic (exact) mass is 513 g/mol. The van der Waals surface area contributed by atoms with Crippen LogP contribution in [0, 0.1) is 11.7 Å². The lowest BCUT2D eigenvalue weighted by Crippen LogP contribution is -2.43. The fraction of sp³-hybridized carbons (Fsp3) is 0.333. The first-order valence-electron chi connectivity index (χ1n) is 12.1. The summed E-state index contributed by atoms with van der Waals surface area (Å²) in [6, 6.07) is 15.4. The van der Waals surface area contributed by atoms with E-state index in [1.165, 1.54) is 18.2 Å². The van der Waals surface area contributed by atoms with Crippen molar-refractivity contribution in [3.05, 3.63) is 83.9 Å². The third-order valence-electron chi connectivity index (χ3n) is 6.49. The van der Waals surface area contributed by atoms with Crippen LogP contribution in [0.25, 0.3) is 0 Å². The summed E-state index contributed by atoms with van der Waals surface area (Å²) in [6.07, 6.45) is -0.821. The lowest BCUT2D eigenvalue weighted by atomic mass is 9.94. The van der Waals surface area contributed by atoms with Crippen LogP contribution in [0.15, 0.2) is 66.9 Å². The van der Waals surface area contributed by atoms with Crippen molar-refractivity contribution in [1.29, 1.82) is 0 Å². The van der Waals surface area contributed by atoms with Crippen molar-refractivity contribution in [1.82, 2.24) is 15.2 Å². The number of para-hydroxylation sites is 1. The second kappa shape index (κ2) is 10.7. The Kier molecular flexibility index (Phi) is 7.18. The van der Waals surface area contributed by atoms with Gasteiger partial charge in [-0.2, -0.15) is 0 Å². The van der Waals surface area contributed by atoms with Gasteiger partial charge in [0.05, 0.1) is 11.7 Å². The predicted octanol–water partition coefficient (Wildman–Crippen LogP) is 4.54. The second-order valence-corrected chi connectivity index (χ2v) is 8.96. The molecular formula is C27H26F3N3O4. The molecule has 0 radical (unpaired) electrons. The number of amides is 1. The average molecular weight is 514 g/mol. The lowest BCUT2D eigenvalue weighted by molar-refractivity contribution is -0.286. The Bertz CT molecular complexity index is 1240. The number of benzene rings is 2. The molecule has 0 unspecified atom stereocenters. The molecule has 7 nitrogen and oxygen atoms in total. The zero-order valence-corrected chi connectivity index (χ0v) is 19.9. The molecule has 1 aromatic heterocycles. The Morgan fingerprint density at radius 2 is 1.84 bits per heavy atom. The molecule has 2 aliphatic rings. The van der Waals surface area contributed by atoms with Gasteiger partial charge in [0.2, 0.25) is 5.91 Å². The molecule has 3 heterocycles. The van der Waals surface area contributed by atoms with Crippen LogP contribution in [0.4, 0.5) is 13.2 Å². The number of nitrogens with zero attached hydrogens (tertiary/aromatic N) is 2. The molecule has 0 bridgehead atoms. The molecule has 0 saturated carbocycles. The molecule has 3 aromatic rings. The highest BCUT2D eigenvalue weighted by Crippen LogP contribution is 2.42. The minimum Gasteiger partial charge on any atom is -0.489 e. The van der Waals surface area contributed by atoms with E-state index < -0.39 is 18.2 Å². The number of aromatic nitrogens is 1. The average Bonchev–Trinajstić information content (AvgIpc) is 3.22. The van der Waals surface area contributed by atoms with Crippen molar-refractivity contribution in [2.45, 2.75) is 25.2 Å². The van der Waals surface area contributed by atoms with Crippen molar-refractivity contribution in [3.8, 4) is 17.2 Å². The van der Waals surface area contributed by atoms with E-state index in [4.69, 9.17) is 4.74 Å². The zero-order chi connectivity index (χ0) is 25.8. The summed E-state index contributed by atoms with van der Waals surface area (Å²) >= 11 is 0. The lowest BCUT2D eigenvalue weighted by Gasteiger charge is -2.32. The van der Waals surface area contributed by atoms with Crippen LogP contribution in [-0.2, 0) is 4.79 Å². The van der Waals surface area contributed by atoms with Gasteiger partial charge in [-0.15, -0.1) is 8.78 Å². The highest BCUT2D eigenvalue weighted by atomic mass is 19.3. The maximum atomic E-state index is 13.7. The molecule has 0 aliphatic carbocycles. The minimum atomic E-state index is -3.72. The van der Waals surface area contributed by atoms with Gasteiger partial charge in [-0.05, 0) is 67.9 Å². The fourth-order valence-electron chi connectivity index (χ4n) is 4.55. The van der Waals surface area contributed by atoms with Gasteiger partial charge in [0.1, 0.15) is 6.61 Å². The van der Waals surface area contributed by atoms with Crippen LogP contribution in [0.5, 0.6) is 17.2 Å². The van der Waals surface area contributed by atoms with E-state index >= 15 is 0 Å². The predicted molar refractivity (Wildman–Crippen MR) is 128 cm³/mol. The van der Waals surface area contributed by atoms with Gasteiger partial charge < -0.3 is 19.5 Å². The fourth-order valence-corrected chi connectivity index (χ4v) is 4.55. The van der Waals surface area contributed by atoms with Crippen molar-refractivity contribution >= 4 is 5.91 Å². The van der Waals surface area contributed by atoms with Gasteiger partial charge >= 0.3 is 6.29 Å². The number of ether oxygens (including phenoxy) is 3. The van der Waals surface area contributed by atoms with Gasteiger partial charge in [-0.25, -0.2) is 4.39 Å². The molecule has 2 aliphatic heterocycles. The molecule has 37 heavy (non-hydrogen) atoms. The number of alkyl halides is 2. The Hall–Kier alpha value is -3.79. The topological polar surface area (TPSA) is 72.9 Å². The maximum absolute atomic E-state index is 13.7. The molecule has 10 heteroatoms. The number of carbonyl (C=O) groups is 1. The van der Waals surface area contributed by atoms with Crippen molar-refractivity contribution in [2.75, 3.05) is 26.2 Å². The highest BCUT2D eigenvalue weighted by molar-refractivity contribution is 5.79. The van der Waals surface area contributed by atoms with E-state index in [0.717, 1.165) is 0 Å². The zero-order valence-electron chi connectivity index (χ0n) is 19.9. The van der Waals surface area contributed by atoms with Crippen LogP contribution in [0.1, 0.15) is 30.1 Å². The van der Waals surface area contributed by atoms with E-state index in [2.05, 4.69) is 24.7 Å². The number of piperidine rings is 1. The van der Waals surface area contributed by atoms with E-state index in [9.17, 15) is 18.0 Å². The number of hydrogen-bond donors (Lipinski definition) is 1. The molecule has 1 amide bonds. The number of rotatable bonds is 8. The molecule has 1 N–H and O–H groups in total. The molecule has 1 fully saturated rings. The summed E-state index contributed by atoms with van der Waals surface area (Å²) in [4.78, 5) is 19.8. The summed E-state index contributed by atoms with van der Waals surface area (Å²) in [5, 5.41) is 3.05. The Balaban J connectivity index is 1.19. The van der Waals surface area contributed by atoms with Crippen LogP contribution >= 0.6 is 0 Å². The first-order chi connectivity index (χ1) is 17.9. The van der Waals surface area contributed by atoms with Gasteiger partial charge in [0.15, 0.2) is 23.1 Å². The van der Waals surface area contributed by atoms with Gasteiger partial charge in [-0.3, -0.25) is 14.7 Å². The maximum Gasteiger partial charge on any atom is 0.586 e. The number of likely N-dealkylation sites (tertiary alicyclic amines) is 1. The van der Waals surface area contributed by atoms with Gasteiger partial charge in [0.25, 0.3) is 0 Å². The van der Waals surface area contributed by atoms with Crippen LogP contribution in [-0.4, -0.2) is 48.3 Å². The number of pyridine rings is 1. The molecule has 5 rings (SSSR count). The second-order valence-electron chi connectivity index (χ2n) is 8.96. The number of fused-ring (bicyclic) bond motifs is 1. The largest absolute Gasteiger partial charge is 0.586 e. The SMILES string of the molecule is O=C(N[C@H](c1ccc2c(c1)OC(F)(F)O2)c1ccccn1)C1CCN(CCOc2ccccc2F)CC1. The summed E-state index contributed by atoms with van der Waals surface area (Å²) in [5.41, 5.74) is 1.12. The summed E-state index contributed by atoms with van der Waals surface area (Å²) in [5.74, 6) is -0.676. The number of halogens is 3. The summed E-state index contributed by atoms with van der Waals surface area (Å²) < 4.78 is 55.3. The van der Waals surface area contributed by atoms with Crippen LogP contribution in [0.2, 0.25) is 0 Å². The van der Waals surface area contributed by atoms with Crippen LogP contribution in [0.3, 0.4) is 0 Å². The Morgan fingerprint density at radius 3 is 2.59 bits per heavy atom. The quantitative estimate of drug-likeness (QED) is 0.477. The summed E-state index contributed by atoms with van der Waals surface area (Å²) in [7, 11) is 0. The molecule has 0 spiro atoms. The van der Waals surface area contributed by atoms with E-state index in [1.807, 2.05) is 0 Å². The number of hydrogen-bond acceptors (Lipinski definition) is 6. The first kappa shape index (κ1) is 24.9. The molecule has 2 aromatic carbocycles. The number of nitrogens with one attached hydrogen (secondary N) is 1. The van der Waals surface area contributed by atoms with E-state index in [0.29, 0.717) is 50.3 Å². The third kappa shape index (κ3) is 5.96. The molecule has 1 saturated heterocycles. The first-order valence-corrected chi connectivity index (χ1v) is 12.1. The van der Waals surface area contributed by atoms with E-state index in [1.54, 1.807) is 48.7 Å². The van der Waals surface area contributed by atoms with Crippen molar-refractivity contribution in [3.63, 3.8) is 0 Å². The van der Waals surface area contributed by atoms with Gasteiger partial charge in [-0.1, -0.05) is 24.3 Å². The minimum absolute atomic E-state index is 0.0637. The summed E-state index contributed by atoms with van der Waals surface area (Å²) in [6.45, 7) is 2.38. The molecule has 1 atom stereocenters. The van der Waals surface area contributed by atoms with Gasteiger partial charge in [0, 0.05) is 18.7 Å². The highest BCUT2D eigenvalue weighted by Gasteiger charge is 2.43. The molecular weight excluding hydrogens is 487 g/mol. The van der Waals surface area contributed by atoms with E-state index in [-0.39, 0.29) is 29.1 Å². The van der Waals surface area contributed by atoms with Crippen molar-refractivity contribution < 1.29 is 32.2 Å². The van der Waals surface area contributed by atoms with Crippen molar-refractivity contribution in [2.24, 2.45) is 5.92 Å². The number of carbonyl (C=O) groups excluding carboxylic acids is 1. The normalized spacial score (nSPS) is 17.8. The molecule has 194 valence electrons. The Morgan fingerprint density at radius 1 is 1.08 bits per heavy atom. The van der Waals surface area contributed by atoms with Crippen LogP contribution < -0.4 is 19.5 Å². The standard InChI is InChI=1S/C27H26F3N3O4/c28-20-5-1-2-7-22(20)35-16-15-33-13-10-18(11-14-33)26(34)32-25(21-6-3-4-12-31-21)19-8-9-23-24(17-19)37-27(29,30)36-23/h1-9,12,17-18,25H,10-11,13-16H2,(H,32,34)/t25-/m1/s1. The smallest absolute Gasteiger partial charge is 0.489 e. The Labute approximate surface area is 212 Å². The third-order valence-corrected chi connectivity index (χ3v) is 6.49.